The Hall–Kier alpha value is -1.70. The quantitative estimate of drug-likeness (QED) is 0.442. The van der Waals surface area contributed by atoms with Crippen molar-refractivity contribution in [2.75, 3.05) is 0 Å². The zero-order chi connectivity index (χ0) is 19.4. The summed E-state index contributed by atoms with van der Waals surface area (Å²) in [6.07, 6.45) is 7.34. The normalized spacial score (nSPS) is 30.2. The third-order valence-corrected chi connectivity index (χ3v) is 7.30. The Kier molecular flexibility index (Phi) is 6.34. The summed E-state index contributed by atoms with van der Waals surface area (Å²) in [6.45, 7) is 0. The van der Waals surface area contributed by atoms with Gasteiger partial charge in [0, 0.05) is 18.4 Å². The summed E-state index contributed by atoms with van der Waals surface area (Å²) in [5.74, 6) is -0.357. The Morgan fingerprint density at radius 1 is 1.19 bits per heavy atom. The van der Waals surface area contributed by atoms with Crippen molar-refractivity contribution in [2.24, 2.45) is 17.8 Å². The van der Waals surface area contributed by atoms with Crippen LogP contribution in [-0.4, -0.2) is 36.7 Å². The summed E-state index contributed by atoms with van der Waals surface area (Å²) >= 11 is 0. The summed E-state index contributed by atoms with van der Waals surface area (Å²) in [4.78, 5) is 10.8. The number of hydrogen-bond donors (Lipinski definition) is 3. The first-order chi connectivity index (χ1) is 12.9. The maximum absolute atomic E-state index is 12.7. The summed E-state index contributed by atoms with van der Waals surface area (Å²) in [7, 11) is -3.62. The van der Waals surface area contributed by atoms with Crippen molar-refractivity contribution in [1.29, 1.82) is 0 Å². The molecule has 0 saturated heterocycles. The number of rotatable bonds is 9. The molecule has 5 unspecified atom stereocenters. The molecule has 5 atom stereocenters. The Bertz CT molecular complexity index is 777. The minimum Gasteiger partial charge on any atom is -0.481 e. The van der Waals surface area contributed by atoms with Crippen LogP contribution in [0.15, 0.2) is 47.4 Å². The molecule has 1 aromatic rings. The van der Waals surface area contributed by atoms with Gasteiger partial charge in [-0.3, -0.25) is 4.79 Å². The fourth-order valence-corrected chi connectivity index (χ4v) is 5.90. The number of fused-ring (bicyclic) bond motifs is 2. The predicted molar refractivity (Wildman–Crippen MR) is 102 cm³/mol. The van der Waals surface area contributed by atoms with Gasteiger partial charge >= 0.3 is 5.97 Å². The SMILES string of the molecule is O=C(O)CCC/C=C\CC1C2CC(O)C(C2)C1NS(=O)(=O)c1ccccc1. The molecule has 0 aromatic heterocycles. The second kappa shape index (κ2) is 8.54. The smallest absolute Gasteiger partial charge is 0.303 e. The van der Waals surface area contributed by atoms with Gasteiger partial charge in [0.1, 0.15) is 0 Å². The van der Waals surface area contributed by atoms with E-state index in [1.54, 1.807) is 30.3 Å². The summed E-state index contributed by atoms with van der Waals surface area (Å²) in [6, 6.07) is 8.04. The molecule has 0 spiro atoms. The number of carbonyl (C=O) groups is 1. The standard InChI is InChI=1S/C20H27NO5S/c22-18-13-14-12-17(18)20(16(14)10-6-1-2-7-11-19(23)24)21-27(25,26)15-8-4-3-5-9-15/h1,3-6,8-9,14,16-18,20-22H,2,7,10-13H2,(H,23,24)/b6-1-. The largest absolute Gasteiger partial charge is 0.481 e. The molecule has 0 amide bonds. The van der Waals surface area contributed by atoms with Gasteiger partial charge in [-0.2, -0.15) is 0 Å². The van der Waals surface area contributed by atoms with E-state index in [9.17, 15) is 18.3 Å². The van der Waals surface area contributed by atoms with Crippen molar-refractivity contribution in [3.8, 4) is 0 Å². The number of aliphatic hydroxyl groups excluding tert-OH is 1. The lowest BCUT2D eigenvalue weighted by molar-refractivity contribution is -0.137. The number of sulfonamides is 1. The molecule has 0 radical (unpaired) electrons. The van der Waals surface area contributed by atoms with E-state index in [1.807, 2.05) is 12.2 Å². The third kappa shape index (κ3) is 4.78. The Morgan fingerprint density at radius 2 is 1.93 bits per heavy atom. The number of unbranched alkanes of at least 4 members (excludes halogenated alkanes) is 1. The van der Waals surface area contributed by atoms with Gasteiger partial charge in [-0.1, -0.05) is 30.4 Å². The molecule has 7 heteroatoms. The highest BCUT2D eigenvalue weighted by molar-refractivity contribution is 7.89. The van der Waals surface area contributed by atoms with Crippen molar-refractivity contribution in [1.82, 2.24) is 4.72 Å². The van der Waals surface area contributed by atoms with Crippen LogP contribution in [0.25, 0.3) is 0 Å². The van der Waals surface area contributed by atoms with E-state index in [0.717, 1.165) is 19.3 Å². The second-order valence-electron chi connectivity index (χ2n) is 7.58. The molecule has 2 fully saturated rings. The van der Waals surface area contributed by atoms with Crippen LogP contribution in [0.5, 0.6) is 0 Å². The molecule has 0 aliphatic heterocycles. The first kappa shape index (κ1) is 20.0. The number of nitrogens with one attached hydrogen (secondary N) is 1. The van der Waals surface area contributed by atoms with Crippen molar-refractivity contribution in [3.05, 3.63) is 42.5 Å². The Balaban J connectivity index is 1.64. The first-order valence-electron chi connectivity index (χ1n) is 9.50. The zero-order valence-corrected chi connectivity index (χ0v) is 16.0. The monoisotopic (exact) mass is 393 g/mol. The second-order valence-corrected chi connectivity index (χ2v) is 9.29. The molecule has 1 aromatic carbocycles. The van der Waals surface area contributed by atoms with Gasteiger partial charge in [0.15, 0.2) is 0 Å². The van der Waals surface area contributed by atoms with E-state index in [2.05, 4.69) is 4.72 Å². The minimum absolute atomic E-state index is 0.0427. The van der Waals surface area contributed by atoms with E-state index in [0.29, 0.717) is 18.8 Å². The number of carboxylic acids is 1. The molecule has 0 heterocycles. The van der Waals surface area contributed by atoms with Gasteiger partial charge in [0.2, 0.25) is 10.0 Å². The molecule has 27 heavy (non-hydrogen) atoms. The third-order valence-electron chi connectivity index (χ3n) is 5.82. The van der Waals surface area contributed by atoms with Crippen molar-refractivity contribution >= 4 is 16.0 Å². The minimum atomic E-state index is -3.62. The number of aliphatic hydroxyl groups is 1. The Morgan fingerprint density at radius 3 is 2.63 bits per heavy atom. The van der Waals surface area contributed by atoms with Crippen LogP contribution in [0.4, 0.5) is 0 Å². The average molecular weight is 394 g/mol. The molecule has 2 aliphatic rings. The van der Waals surface area contributed by atoms with E-state index in [4.69, 9.17) is 5.11 Å². The number of carboxylic acid groups (broad SMARTS) is 1. The predicted octanol–water partition coefficient (Wildman–Crippen LogP) is 2.55. The summed E-state index contributed by atoms with van der Waals surface area (Å²) in [5.41, 5.74) is 0. The fraction of sp³-hybridized carbons (Fsp3) is 0.550. The van der Waals surface area contributed by atoms with Gasteiger partial charge in [-0.05, 0) is 56.1 Å². The zero-order valence-electron chi connectivity index (χ0n) is 15.2. The number of aliphatic carboxylic acids is 1. The molecule has 6 nitrogen and oxygen atoms in total. The van der Waals surface area contributed by atoms with Crippen LogP contribution < -0.4 is 4.72 Å². The molecule has 2 saturated carbocycles. The van der Waals surface area contributed by atoms with Crippen molar-refractivity contribution in [2.45, 2.75) is 55.6 Å². The summed E-state index contributed by atoms with van der Waals surface area (Å²) < 4.78 is 28.3. The lowest BCUT2D eigenvalue weighted by Crippen LogP contribution is -2.47. The van der Waals surface area contributed by atoms with E-state index in [1.165, 1.54) is 0 Å². The van der Waals surface area contributed by atoms with Crippen LogP contribution >= 0.6 is 0 Å². The van der Waals surface area contributed by atoms with Crippen LogP contribution in [0, 0.1) is 17.8 Å². The maximum Gasteiger partial charge on any atom is 0.303 e. The number of hydrogen-bond acceptors (Lipinski definition) is 4. The van der Waals surface area contributed by atoms with Crippen molar-refractivity contribution in [3.63, 3.8) is 0 Å². The molecule has 148 valence electrons. The van der Waals surface area contributed by atoms with Gasteiger partial charge in [0.05, 0.1) is 11.0 Å². The Labute approximate surface area is 160 Å². The molecular weight excluding hydrogens is 366 g/mol. The molecule has 3 rings (SSSR count). The lowest BCUT2D eigenvalue weighted by atomic mass is 9.81. The molecular formula is C20H27NO5S. The van der Waals surface area contributed by atoms with Gasteiger partial charge in [-0.25, -0.2) is 13.1 Å². The number of benzene rings is 1. The topological polar surface area (TPSA) is 104 Å². The van der Waals surface area contributed by atoms with E-state index < -0.39 is 22.1 Å². The van der Waals surface area contributed by atoms with Crippen LogP contribution in [0.2, 0.25) is 0 Å². The van der Waals surface area contributed by atoms with Gasteiger partial charge in [-0.15, -0.1) is 0 Å². The molecule has 3 N–H and O–H groups in total. The number of allylic oxidation sites excluding steroid dienone is 2. The highest BCUT2D eigenvalue weighted by atomic mass is 32.2. The maximum atomic E-state index is 12.7. The fourth-order valence-electron chi connectivity index (χ4n) is 4.54. The van der Waals surface area contributed by atoms with Crippen LogP contribution in [-0.2, 0) is 14.8 Å². The van der Waals surface area contributed by atoms with Crippen LogP contribution in [0.1, 0.15) is 38.5 Å². The van der Waals surface area contributed by atoms with E-state index in [-0.39, 0.29) is 29.2 Å². The van der Waals surface area contributed by atoms with Gasteiger partial charge < -0.3 is 10.2 Å². The highest BCUT2D eigenvalue weighted by Gasteiger charge is 2.52. The van der Waals surface area contributed by atoms with Gasteiger partial charge in [0.25, 0.3) is 0 Å². The molecule has 2 aliphatic carbocycles. The summed E-state index contributed by atoms with van der Waals surface area (Å²) in [5, 5.41) is 18.9. The first-order valence-corrected chi connectivity index (χ1v) is 11.0. The average Bonchev–Trinajstić information content (AvgIpc) is 3.15. The van der Waals surface area contributed by atoms with E-state index >= 15 is 0 Å². The lowest BCUT2D eigenvalue weighted by Gasteiger charge is -2.33. The van der Waals surface area contributed by atoms with Crippen LogP contribution in [0.3, 0.4) is 0 Å². The molecule has 2 bridgehead atoms. The van der Waals surface area contributed by atoms with Crippen molar-refractivity contribution < 1.29 is 23.4 Å². The highest BCUT2D eigenvalue weighted by Crippen LogP contribution is 2.50.